The summed E-state index contributed by atoms with van der Waals surface area (Å²) < 4.78 is 6.22. The summed E-state index contributed by atoms with van der Waals surface area (Å²) in [6, 6.07) is 14.0. The fraction of sp³-hybridized carbons (Fsp3) is 0.273. The molecule has 0 unspecified atom stereocenters. The molecule has 0 fully saturated rings. The highest BCUT2D eigenvalue weighted by molar-refractivity contribution is 9.10. The van der Waals surface area contributed by atoms with Crippen molar-refractivity contribution in [3.05, 3.63) is 58.3 Å². The molecule has 0 saturated carbocycles. The van der Waals surface area contributed by atoms with Crippen molar-refractivity contribution in [3.63, 3.8) is 0 Å². The number of aromatic nitrogens is 2. The van der Waals surface area contributed by atoms with Crippen LogP contribution in [0, 0.1) is 0 Å². The van der Waals surface area contributed by atoms with Crippen LogP contribution in [-0.4, -0.2) is 49.2 Å². The molecule has 3 aromatic rings. The topological polar surface area (TPSA) is 50.3 Å². The average Bonchev–Trinajstić information content (AvgIpc) is 2.70. The standard InChI is InChI=1S/C22H25BrN4O/c1-27(2)14-4-13-24-22-19-15-17(23)8-11-20(19)25-21(26-22)12-7-16-5-9-18(28-3)10-6-16/h5-12,15H,4,13-14H2,1-3H3,(H,24,25,26). The maximum Gasteiger partial charge on any atom is 0.154 e. The van der Waals surface area contributed by atoms with Crippen LogP contribution >= 0.6 is 15.9 Å². The van der Waals surface area contributed by atoms with E-state index in [2.05, 4.69) is 46.3 Å². The Morgan fingerprint density at radius 3 is 2.57 bits per heavy atom. The van der Waals surface area contributed by atoms with Gasteiger partial charge in [-0.25, -0.2) is 9.97 Å². The molecule has 0 aliphatic carbocycles. The smallest absolute Gasteiger partial charge is 0.154 e. The minimum absolute atomic E-state index is 0.681. The summed E-state index contributed by atoms with van der Waals surface area (Å²) in [7, 11) is 5.83. The van der Waals surface area contributed by atoms with Gasteiger partial charge in [-0.15, -0.1) is 0 Å². The lowest BCUT2D eigenvalue weighted by Gasteiger charge is -2.12. The summed E-state index contributed by atoms with van der Waals surface area (Å²) in [5, 5.41) is 4.49. The molecular formula is C22H25BrN4O. The van der Waals surface area contributed by atoms with E-state index in [9.17, 15) is 0 Å². The molecule has 3 rings (SSSR count). The van der Waals surface area contributed by atoms with Crippen LogP contribution in [0.25, 0.3) is 23.1 Å². The Balaban J connectivity index is 1.85. The van der Waals surface area contributed by atoms with Crippen molar-refractivity contribution >= 4 is 44.8 Å². The molecule has 0 aliphatic rings. The van der Waals surface area contributed by atoms with Crippen molar-refractivity contribution in [1.29, 1.82) is 0 Å². The van der Waals surface area contributed by atoms with Crippen molar-refractivity contribution in [1.82, 2.24) is 14.9 Å². The van der Waals surface area contributed by atoms with E-state index in [1.54, 1.807) is 7.11 Å². The number of methoxy groups -OCH3 is 1. The molecule has 1 heterocycles. The van der Waals surface area contributed by atoms with E-state index in [1.807, 2.05) is 48.6 Å². The van der Waals surface area contributed by atoms with Gasteiger partial charge in [0.1, 0.15) is 11.6 Å². The second-order valence-electron chi connectivity index (χ2n) is 6.78. The molecular weight excluding hydrogens is 416 g/mol. The summed E-state index contributed by atoms with van der Waals surface area (Å²) in [6.45, 7) is 1.89. The lowest BCUT2D eigenvalue weighted by Crippen LogP contribution is -2.17. The van der Waals surface area contributed by atoms with Crippen LogP contribution in [0.2, 0.25) is 0 Å². The van der Waals surface area contributed by atoms with Gasteiger partial charge in [-0.1, -0.05) is 34.1 Å². The first-order chi connectivity index (χ1) is 13.5. The largest absolute Gasteiger partial charge is 0.497 e. The number of anilines is 1. The van der Waals surface area contributed by atoms with Crippen molar-refractivity contribution in [2.75, 3.05) is 39.6 Å². The molecule has 28 heavy (non-hydrogen) atoms. The highest BCUT2D eigenvalue weighted by Crippen LogP contribution is 2.25. The molecule has 146 valence electrons. The first-order valence-corrected chi connectivity index (χ1v) is 10.0. The maximum atomic E-state index is 5.20. The normalized spacial score (nSPS) is 11.5. The zero-order chi connectivity index (χ0) is 19.9. The molecule has 0 radical (unpaired) electrons. The Hall–Kier alpha value is -2.44. The molecule has 0 spiro atoms. The van der Waals surface area contributed by atoms with Gasteiger partial charge in [0.15, 0.2) is 5.82 Å². The van der Waals surface area contributed by atoms with E-state index >= 15 is 0 Å². The van der Waals surface area contributed by atoms with Crippen molar-refractivity contribution in [3.8, 4) is 5.75 Å². The number of hydrogen-bond acceptors (Lipinski definition) is 5. The van der Waals surface area contributed by atoms with Gasteiger partial charge in [0, 0.05) is 16.4 Å². The van der Waals surface area contributed by atoms with Crippen molar-refractivity contribution < 1.29 is 4.74 Å². The Labute approximate surface area is 174 Å². The first-order valence-electron chi connectivity index (χ1n) is 9.23. The van der Waals surface area contributed by atoms with Crippen LogP contribution in [0.1, 0.15) is 17.8 Å². The number of benzene rings is 2. The van der Waals surface area contributed by atoms with Gasteiger partial charge in [0.25, 0.3) is 0 Å². The van der Waals surface area contributed by atoms with Crippen LogP contribution in [0.15, 0.2) is 46.9 Å². The number of ether oxygens (including phenoxy) is 1. The Bertz CT molecular complexity index is 955. The van der Waals surface area contributed by atoms with Gasteiger partial charge in [-0.3, -0.25) is 0 Å². The Morgan fingerprint density at radius 2 is 1.86 bits per heavy atom. The number of nitrogens with zero attached hydrogens (tertiary/aromatic N) is 3. The van der Waals surface area contributed by atoms with Crippen molar-refractivity contribution in [2.24, 2.45) is 0 Å². The zero-order valence-corrected chi connectivity index (χ0v) is 18.0. The van der Waals surface area contributed by atoms with E-state index in [0.717, 1.165) is 52.0 Å². The summed E-state index contributed by atoms with van der Waals surface area (Å²) in [6.07, 6.45) is 4.99. The molecule has 0 atom stereocenters. The highest BCUT2D eigenvalue weighted by atomic mass is 79.9. The summed E-state index contributed by atoms with van der Waals surface area (Å²) >= 11 is 3.54. The molecule has 2 aromatic carbocycles. The van der Waals surface area contributed by atoms with Gasteiger partial charge in [-0.2, -0.15) is 0 Å². The average molecular weight is 441 g/mol. The fourth-order valence-electron chi connectivity index (χ4n) is 2.82. The number of rotatable bonds is 8. The maximum absolute atomic E-state index is 5.20. The van der Waals surface area contributed by atoms with Crippen LogP contribution in [0.4, 0.5) is 5.82 Å². The molecule has 0 amide bonds. The van der Waals surface area contributed by atoms with Crippen LogP contribution < -0.4 is 10.1 Å². The van der Waals surface area contributed by atoms with Crippen LogP contribution in [-0.2, 0) is 0 Å². The third-order valence-electron chi connectivity index (χ3n) is 4.29. The predicted octanol–water partition coefficient (Wildman–Crippen LogP) is 4.93. The molecule has 1 aromatic heterocycles. The summed E-state index contributed by atoms with van der Waals surface area (Å²) in [5.41, 5.74) is 1.99. The van der Waals surface area contributed by atoms with Crippen molar-refractivity contribution in [2.45, 2.75) is 6.42 Å². The first kappa shape index (κ1) is 20.3. The number of hydrogen-bond donors (Lipinski definition) is 1. The minimum atomic E-state index is 0.681. The summed E-state index contributed by atoms with van der Waals surface area (Å²) in [5.74, 6) is 2.38. The fourth-order valence-corrected chi connectivity index (χ4v) is 3.18. The molecule has 6 heteroatoms. The van der Waals surface area contributed by atoms with Crippen LogP contribution in [0.3, 0.4) is 0 Å². The number of nitrogens with one attached hydrogen (secondary N) is 1. The minimum Gasteiger partial charge on any atom is -0.497 e. The van der Waals surface area contributed by atoms with E-state index in [1.165, 1.54) is 0 Å². The quantitative estimate of drug-likeness (QED) is 0.502. The molecule has 0 saturated heterocycles. The summed E-state index contributed by atoms with van der Waals surface area (Å²) in [4.78, 5) is 11.6. The van der Waals surface area contributed by atoms with Gasteiger partial charge in [-0.05, 0) is 69.0 Å². The molecule has 0 aliphatic heterocycles. The lowest BCUT2D eigenvalue weighted by atomic mass is 10.2. The molecule has 0 bridgehead atoms. The molecule has 5 nitrogen and oxygen atoms in total. The van der Waals surface area contributed by atoms with Gasteiger partial charge in [0.05, 0.1) is 12.6 Å². The van der Waals surface area contributed by atoms with Gasteiger partial charge < -0.3 is 15.0 Å². The Kier molecular flexibility index (Phi) is 7.01. The van der Waals surface area contributed by atoms with E-state index in [0.29, 0.717) is 5.82 Å². The second-order valence-corrected chi connectivity index (χ2v) is 7.70. The number of fused-ring (bicyclic) bond motifs is 1. The Morgan fingerprint density at radius 1 is 1.07 bits per heavy atom. The molecule has 1 N–H and O–H groups in total. The van der Waals surface area contributed by atoms with Gasteiger partial charge in [0.2, 0.25) is 0 Å². The second kappa shape index (κ2) is 9.66. The number of halogens is 1. The zero-order valence-electron chi connectivity index (χ0n) is 16.4. The van der Waals surface area contributed by atoms with E-state index < -0.39 is 0 Å². The third-order valence-corrected chi connectivity index (χ3v) is 4.78. The third kappa shape index (κ3) is 5.53. The highest BCUT2D eigenvalue weighted by Gasteiger charge is 2.07. The van der Waals surface area contributed by atoms with E-state index in [4.69, 9.17) is 14.7 Å². The van der Waals surface area contributed by atoms with Gasteiger partial charge >= 0.3 is 0 Å². The van der Waals surface area contributed by atoms with Crippen LogP contribution in [0.5, 0.6) is 5.75 Å². The predicted molar refractivity (Wildman–Crippen MR) is 121 cm³/mol. The monoisotopic (exact) mass is 440 g/mol. The SMILES string of the molecule is COc1ccc(C=Cc2nc(NCCCN(C)C)c3cc(Br)ccc3n2)cc1. The van der Waals surface area contributed by atoms with E-state index in [-0.39, 0.29) is 0 Å². The lowest BCUT2D eigenvalue weighted by molar-refractivity contribution is 0.405.